The molecule has 0 saturated carbocycles. The quantitative estimate of drug-likeness (QED) is 0.683. The van der Waals surface area contributed by atoms with Crippen molar-refractivity contribution in [1.29, 1.82) is 0 Å². The van der Waals surface area contributed by atoms with E-state index in [1.54, 1.807) is 13.1 Å². The summed E-state index contributed by atoms with van der Waals surface area (Å²) < 4.78 is 0. The van der Waals surface area contributed by atoms with Crippen LogP contribution in [0, 0.1) is 20.8 Å². The molecule has 0 bridgehead atoms. The van der Waals surface area contributed by atoms with E-state index in [1.807, 2.05) is 51.1 Å². The standard InChI is InChI=1S/C20H21N3O2/c1-11-8-9-15-14(13(11)3)10-17(22-15)19(24)23-16-7-5-6-12(2)18(16)20(25)21-4/h5-10,22H,1-4H3,(H,21,25)(H,23,24). The first-order valence-corrected chi connectivity index (χ1v) is 8.14. The predicted molar refractivity (Wildman–Crippen MR) is 100 cm³/mol. The lowest BCUT2D eigenvalue weighted by atomic mass is 10.1. The number of amides is 2. The van der Waals surface area contributed by atoms with Crippen LogP contribution in [0.15, 0.2) is 36.4 Å². The number of aromatic amines is 1. The van der Waals surface area contributed by atoms with Gasteiger partial charge in [0.25, 0.3) is 11.8 Å². The van der Waals surface area contributed by atoms with Crippen LogP contribution in [0.1, 0.15) is 37.5 Å². The van der Waals surface area contributed by atoms with Gasteiger partial charge in [0.2, 0.25) is 0 Å². The maximum atomic E-state index is 12.7. The van der Waals surface area contributed by atoms with E-state index in [9.17, 15) is 9.59 Å². The Labute approximate surface area is 146 Å². The van der Waals surface area contributed by atoms with Gasteiger partial charge in [0, 0.05) is 18.0 Å². The van der Waals surface area contributed by atoms with Crippen molar-refractivity contribution in [1.82, 2.24) is 10.3 Å². The number of hydrogen-bond acceptors (Lipinski definition) is 2. The van der Waals surface area contributed by atoms with Crippen LogP contribution in [-0.4, -0.2) is 23.8 Å². The second-order valence-corrected chi connectivity index (χ2v) is 6.18. The number of nitrogens with one attached hydrogen (secondary N) is 3. The first-order valence-electron chi connectivity index (χ1n) is 8.14. The van der Waals surface area contributed by atoms with E-state index in [2.05, 4.69) is 15.6 Å². The molecule has 0 aliphatic heterocycles. The van der Waals surface area contributed by atoms with Crippen molar-refractivity contribution < 1.29 is 9.59 Å². The van der Waals surface area contributed by atoms with Crippen LogP contribution < -0.4 is 10.6 Å². The van der Waals surface area contributed by atoms with Crippen LogP contribution in [-0.2, 0) is 0 Å². The lowest BCUT2D eigenvalue weighted by molar-refractivity contribution is 0.0963. The number of fused-ring (bicyclic) bond motifs is 1. The van der Waals surface area contributed by atoms with Crippen molar-refractivity contribution in [2.75, 3.05) is 12.4 Å². The molecule has 1 heterocycles. The van der Waals surface area contributed by atoms with Gasteiger partial charge in [-0.1, -0.05) is 18.2 Å². The summed E-state index contributed by atoms with van der Waals surface area (Å²) in [6.45, 7) is 5.93. The number of carbonyl (C=O) groups is 2. The van der Waals surface area contributed by atoms with E-state index < -0.39 is 0 Å². The Bertz CT molecular complexity index is 986. The fourth-order valence-electron chi connectivity index (χ4n) is 2.97. The lowest BCUT2D eigenvalue weighted by Gasteiger charge is -2.12. The largest absolute Gasteiger partial charge is 0.355 e. The topological polar surface area (TPSA) is 74.0 Å². The maximum absolute atomic E-state index is 12.7. The third kappa shape index (κ3) is 3.01. The average molecular weight is 335 g/mol. The molecule has 0 aliphatic rings. The minimum atomic E-state index is -0.274. The van der Waals surface area contributed by atoms with Gasteiger partial charge >= 0.3 is 0 Å². The third-order valence-electron chi connectivity index (χ3n) is 4.56. The molecule has 0 unspecified atom stereocenters. The molecule has 128 valence electrons. The highest BCUT2D eigenvalue weighted by Crippen LogP contribution is 2.24. The zero-order chi connectivity index (χ0) is 18.1. The minimum absolute atomic E-state index is 0.225. The van der Waals surface area contributed by atoms with Gasteiger partial charge < -0.3 is 15.6 Å². The van der Waals surface area contributed by atoms with Crippen LogP contribution >= 0.6 is 0 Å². The van der Waals surface area contributed by atoms with Crippen LogP contribution in [0.4, 0.5) is 5.69 Å². The third-order valence-corrected chi connectivity index (χ3v) is 4.56. The molecule has 0 saturated heterocycles. The SMILES string of the molecule is CNC(=O)c1c(C)cccc1NC(=O)c1cc2c(C)c(C)ccc2[nH]1. The molecule has 0 radical (unpaired) electrons. The first kappa shape index (κ1) is 16.8. The second-order valence-electron chi connectivity index (χ2n) is 6.18. The fraction of sp³-hybridized carbons (Fsp3) is 0.200. The molecule has 3 aromatic rings. The molecular formula is C20H21N3O2. The van der Waals surface area contributed by atoms with E-state index in [-0.39, 0.29) is 11.8 Å². The van der Waals surface area contributed by atoms with Crippen LogP contribution in [0.3, 0.4) is 0 Å². The molecule has 3 rings (SSSR count). The van der Waals surface area contributed by atoms with Crippen LogP contribution in [0.2, 0.25) is 0 Å². The second kappa shape index (κ2) is 6.43. The Morgan fingerprint density at radius 2 is 1.72 bits per heavy atom. The van der Waals surface area contributed by atoms with Crippen molar-refractivity contribution in [3.63, 3.8) is 0 Å². The molecule has 5 heteroatoms. The highest BCUT2D eigenvalue weighted by atomic mass is 16.2. The number of rotatable bonds is 3. The Morgan fingerprint density at radius 1 is 0.960 bits per heavy atom. The van der Waals surface area contributed by atoms with E-state index in [4.69, 9.17) is 0 Å². The summed E-state index contributed by atoms with van der Waals surface area (Å²) in [5.41, 5.74) is 5.49. The zero-order valence-electron chi connectivity index (χ0n) is 14.8. The van der Waals surface area contributed by atoms with Gasteiger partial charge in [-0.2, -0.15) is 0 Å². The number of hydrogen-bond donors (Lipinski definition) is 3. The number of H-pyrrole nitrogens is 1. The Morgan fingerprint density at radius 3 is 2.44 bits per heavy atom. The number of aryl methyl sites for hydroxylation is 3. The molecule has 1 aromatic heterocycles. The maximum Gasteiger partial charge on any atom is 0.272 e. The monoisotopic (exact) mass is 335 g/mol. The molecular weight excluding hydrogens is 314 g/mol. The van der Waals surface area contributed by atoms with Gasteiger partial charge in [-0.25, -0.2) is 0 Å². The normalized spacial score (nSPS) is 10.7. The summed E-state index contributed by atoms with van der Waals surface area (Å²) >= 11 is 0. The lowest BCUT2D eigenvalue weighted by Crippen LogP contribution is -2.22. The first-order chi connectivity index (χ1) is 11.9. The zero-order valence-corrected chi connectivity index (χ0v) is 14.8. The molecule has 25 heavy (non-hydrogen) atoms. The van der Waals surface area contributed by atoms with E-state index in [0.717, 1.165) is 22.0 Å². The summed E-state index contributed by atoms with van der Waals surface area (Å²) in [5.74, 6) is -0.500. The highest BCUT2D eigenvalue weighted by molar-refractivity contribution is 6.10. The molecule has 0 fully saturated rings. The summed E-state index contributed by atoms with van der Waals surface area (Å²) in [6.07, 6.45) is 0. The number of carbonyl (C=O) groups excluding carboxylic acids is 2. The summed E-state index contributed by atoms with van der Waals surface area (Å²) in [4.78, 5) is 28.0. The number of aromatic nitrogens is 1. The van der Waals surface area contributed by atoms with Crippen molar-refractivity contribution in [3.8, 4) is 0 Å². The molecule has 0 atom stereocenters. The van der Waals surface area contributed by atoms with E-state index in [0.29, 0.717) is 16.9 Å². The molecule has 3 N–H and O–H groups in total. The summed E-state index contributed by atoms with van der Waals surface area (Å²) in [6, 6.07) is 11.2. The smallest absolute Gasteiger partial charge is 0.272 e. The van der Waals surface area contributed by atoms with Crippen LogP contribution in [0.5, 0.6) is 0 Å². The molecule has 0 spiro atoms. The Balaban J connectivity index is 1.97. The fourth-order valence-corrected chi connectivity index (χ4v) is 2.97. The van der Waals surface area contributed by atoms with Gasteiger partial charge in [0.05, 0.1) is 11.3 Å². The van der Waals surface area contributed by atoms with Gasteiger partial charge in [-0.15, -0.1) is 0 Å². The number of benzene rings is 2. The highest BCUT2D eigenvalue weighted by Gasteiger charge is 2.17. The Hall–Kier alpha value is -3.08. The van der Waals surface area contributed by atoms with Crippen molar-refractivity contribution in [2.45, 2.75) is 20.8 Å². The van der Waals surface area contributed by atoms with Crippen molar-refractivity contribution in [3.05, 3.63) is 64.3 Å². The van der Waals surface area contributed by atoms with E-state index >= 15 is 0 Å². The molecule has 0 aliphatic carbocycles. The van der Waals surface area contributed by atoms with Crippen LogP contribution in [0.25, 0.3) is 10.9 Å². The minimum Gasteiger partial charge on any atom is -0.355 e. The van der Waals surface area contributed by atoms with Crippen molar-refractivity contribution >= 4 is 28.4 Å². The van der Waals surface area contributed by atoms with Gasteiger partial charge in [0.1, 0.15) is 5.69 Å². The summed E-state index contributed by atoms with van der Waals surface area (Å²) in [7, 11) is 1.57. The van der Waals surface area contributed by atoms with Gasteiger partial charge in [-0.3, -0.25) is 9.59 Å². The van der Waals surface area contributed by atoms with E-state index in [1.165, 1.54) is 5.56 Å². The van der Waals surface area contributed by atoms with Crippen molar-refractivity contribution in [2.24, 2.45) is 0 Å². The van der Waals surface area contributed by atoms with Gasteiger partial charge in [-0.05, 0) is 55.7 Å². The molecule has 2 aromatic carbocycles. The number of anilines is 1. The van der Waals surface area contributed by atoms with Gasteiger partial charge in [0.15, 0.2) is 0 Å². The Kier molecular flexibility index (Phi) is 4.31. The molecule has 2 amide bonds. The average Bonchev–Trinajstić information content (AvgIpc) is 3.03. The summed E-state index contributed by atoms with van der Waals surface area (Å²) in [5, 5.41) is 6.49. The predicted octanol–water partition coefficient (Wildman–Crippen LogP) is 3.71. The molecule has 5 nitrogen and oxygen atoms in total.